The summed E-state index contributed by atoms with van der Waals surface area (Å²) in [6.07, 6.45) is 3.69. The molecule has 2 nitrogen and oxygen atoms in total. The van der Waals surface area contributed by atoms with Crippen LogP contribution in [-0.4, -0.2) is 15.7 Å². The highest BCUT2D eigenvalue weighted by Crippen LogP contribution is 2.13. The van der Waals surface area contributed by atoms with Gasteiger partial charge < -0.3 is 4.57 Å². The lowest BCUT2D eigenvalue weighted by atomic mass is 10.1. The molecule has 1 aromatic carbocycles. The maximum absolute atomic E-state index is 12.3. The number of ketones is 1. The molecule has 0 saturated heterocycles. The topological polar surface area (TPSA) is 22.0 Å². The van der Waals surface area contributed by atoms with Crippen molar-refractivity contribution in [1.29, 1.82) is 0 Å². The Kier molecular flexibility index (Phi) is 4.15. The van der Waals surface area contributed by atoms with Crippen molar-refractivity contribution >= 4 is 27.8 Å². The Balaban J connectivity index is 2.29. The fourth-order valence-corrected chi connectivity index (χ4v) is 2.21. The van der Waals surface area contributed by atoms with E-state index < -0.39 is 0 Å². The lowest BCUT2D eigenvalue weighted by Crippen LogP contribution is -2.10. The van der Waals surface area contributed by atoms with Crippen LogP contribution in [-0.2, 0) is 6.54 Å². The second-order valence-electron chi connectivity index (χ2n) is 3.93. The van der Waals surface area contributed by atoms with Crippen LogP contribution in [0.3, 0.4) is 0 Å². The van der Waals surface area contributed by atoms with E-state index in [1.807, 2.05) is 47.2 Å². The van der Waals surface area contributed by atoms with Crippen molar-refractivity contribution in [2.45, 2.75) is 6.54 Å². The number of carbonyl (C=O) groups is 1. The number of alkyl halides is 1. The summed E-state index contributed by atoms with van der Waals surface area (Å²) in [6.45, 7) is 4.49. The van der Waals surface area contributed by atoms with E-state index >= 15 is 0 Å². The zero-order chi connectivity index (χ0) is 13.0. The third-order valence-electron chi connectivity index (χ3n) is 2.80. The van der Waals surface area contributed by atoms with E-state index in [0.717, 1.165) is 23.1 Å². The van der Waals surface area contributed by atoms with Crippen LogP contribution >= 0.6 is 15.9 Å². The summed E-state index contributed by atoms with van der Waals surface area (Å²) in [6, 6.07) is 11.2. The average Bonchev–Trinajstić information content (AvgIpc) is 2.87. The summed E-state index contributed by atoms with van der Waals surface area (Å²) >= 11 is 3.39. The van der Waals surface area contributed by atoms with Gasteiger partial charge in [-0.25, -0.2) is 0 Å². The molecule has 18 heavy (non-hydrogen) atoms. The first-order valence-corrected chi connectivity index (χ1v) is 6.86. The summed E-state index contributed by atoms with van der Waals surface area (Å²) in [7, 11) is 0. The lowest BCUT2D eigenvalue weighted by molar-refractivity contribution is 0.103. The third kappa shape index (κ3) is 2.62. The number of nitrogens with zero attached hydrogens (tertiary/aromatic N) is 1. The van der Waals surface area contributed by atoms with E-state index in [9.17, 15) is 4.79 Å². The van der Waals surface area contributed by atoms with Gasteiger partial charge in [0.1, 0.15) is 0 Å². The second-order valence-corrected chi connectivity index (χ2v) is 4.72. The molecule has 3 heteroatoms. The molecule has 0 aliphatic heterocycles. The van der Waals surface area contributed by atoms with Crippen molar-refractivity contribution in [1.82, 2.24) is 4.57 Å². The van der Waals surface area contributed by atoms with Gasteiger partial charge >= 0.3 is 0 Å². The number of benzene rings is 1. The first-order chi connectivity index (χ1) is 8.76. The molecule has 0 atom stereocenters. The first-order valence-electron chi connectivity index (χ1n) is 5.74. The minimum Gasteiger partial charge on any atom is -0.344 e. The molecule has 0 N–H and O–H groups in total. The molecular weight excluding hydrogens is 290 g/mol. The highest BCUT2D eigenvalue weighted by Gasteiger charge is 2.12. The Bertz CT molecular complexity index is 554. The zero-order valence-electron chi connectivity index (χ0n) is 9.97. The van der Waals surface area contributed by atoms with Gasteiger partial charge in [0.15, 0.2) is 0 Å². The van der Waals surface area contributed by atoms with Crippen LogP contribution in [0.25, 0.3) is 6.08 Å². The standard InChI is InChI=1S/C15H14BrNO/c1-2-12-5-7-13(8-6-12)15(18)14-4-3-10-17(14)11-9-16/h2-8,10H,1,9,11H2. The molecule has 1 heterocycles. The van der Waals surface area contributed by atoms with Gasteiger partial charge in [0.05, 0.1) is 5.69 Å². The molecule has 2 rings (SSSR count). The van der Waals surface area contributed by atoms with Crippen molar-refractivity contribution in [3.05, 3.63) is 66.0 Å². The summed E-state index contributed by atoms with van der Waals surface area (Å²) in [4.78, 5) is 12.3. The summed E-state index contributed by atoms with van der Waals surface area (Å²) in [5.74, 6) is 0.0524. The predicted molar refractivity (Wildman–Crippen MR) is 78.2 cm³/mol. The molecule has 0 unspecified atom stereocenters. The maximum atomic E-state index is 12.3. The Morgan fingerprint density at radius 2 is 2.00 bits per heavy atom. The number of carbonyl (C=O) groups excluding carboxylic acids is 1. The molecule has 1 aromatic heterocycles. The molecule has 0 spiro atoms. The normalized spacial score (nSPS) is 10.3. The van der Waals surface area contributed by atoms with Crippen LogP contribution in [0.15, 0.2) is 49.2 Å². The van der Waals surface area contributed by atoms with Gasteiger partial charge in [-0.3, -0.25) is 4.79 Å². The summed E-state index contributed by atoms with van der Waals surface area (Å²) < 4.78 is 1.96. The number of halogens is 1. The Morgan fingerprint density at radius 3 is 2.61 bits per heavy atom. The molecular formula is C15H14BrNO. The molecule has 0 saturated carbocycles. The van der Waals surface area contributed by atoms with E-state index in [0.29, 0.717) is 5.56 Å². The predicted octanol–water partition coefficient (Wildman–Crippen LogP) is 3.76. The van der Waals surface area contributed by atoms with Crippen LogP contribution in [0.2, 0.25) is 0 Å². The van der Waals surface area contributed by atoms with E-state index in [-0.39, 0.29) is 5.78 Å². The third-order valence-corrected chi connectivity index (χ3v) is 3.15. The highest BCUT2D eigenvalue weighted by atomic mass is 79.9. The molecule has 0 aliphatic rings. The van der Waals surface area contributed by atoms with Crippen molar-refractivity contribution in [3.63, 3.8) is 0 Å². The van der Waals surface area contributed by atoms with Gasteiger partial charge in [0.25, 0.3) is 0 Å². The van der Waals surface area contributed by atoms with Crippen molar-refractivity contribution < 1.29 is 4.79 Å². The van der Waals surface area contributed by atoms with Crippen molar-refractivity contribution in [3.8, 4) is 0 Å². The van der Waals surface area contributed by atoms with Crippen LogP contribution in [0.1, 0.15) is 21.6 Å². The Hall–Kier alpha value is -1.61. The highest BCUT2D eigenvalue weighted by molar-refractivity contribution is 9.09. The number of hydrogen-bond donors (Lipinski definition) is 0. The number of rotatable bonds is 5. The quantitative estimate of drug-likeness (QED) is 0.609. The number of aromatic nitrogens is 1. The monoisotopic (exact) mass is 303 g/mol. The molecule has 0 radical (unpaired) electrons. The van der Waals surface area contributed by atoms with E-state index in [1.54, 1.807) is 6.08 Å². The molecule has 2 aromatic rings. The van der Waals surface area contributed by atoms with Crippen LogP contribution in [0.4, 0.5) is 0 Å². The van der Waals surface area contributed by atoms with Gasteiger partial charge in [0, 0.05) is 23.6 Å². The van der Waals surface area contributed by atoms with Crippen molar-refractivity contribution in [2.24, 2.45) is 0 Å². The minimum absolute atomic E-state index is 0.0524. The first kappa shape index (κ1) is 12.8. The zero-order valence-corrected chi connectivity index (χ0v) is 11.6. The summed E-state index contributed by atoms with van der Waals surface area (Å²) in [5.41, 5.74) is 2.44. The van der Waals surface area contributed by atoms with Crippen LogP contribution in [0.5, 0.6) is 0 Å². The SMILES string of the molecule is C=Cc1ccc(C(=O)c2cccn2CCBr)cc1. The molecule has 0 fully saturated rings. The van der Waals surface area contributed by atoms with Gasteiger partial charge in [-0.05, 0) is 17.7 Å². The average molecular weight is 304 g/mol. The largest absolute Gasteiger partial charge is 0.344 e. The van der Waals surface area contributed by atoms with Crippen LogP contribution in [0, 0.1) is 0 Å². The minimum atomic E-state index is 0.0524. The van der Waals surface area contributed by atoms with Gasteiger partial charge in [-0.2, -0.15) is 0 Å². The van der Waals surface area contributed by atoms with Gasteiger partial charge in [-0.1, -0.05) is 52.9 Å². The van der Waals surface area contributed by atoms with Gasteiger partial charge in [0.2, 0.25) is 5.78 Å². The number of hydrogen-bond acceptors (Lipinski definition) is 1. The molecule has 0 aliphatic carbocycles. The van der Waals surface area contributed by atoms with E-state index in [4.69, 9.17) is 0 Å². The van der Waals surface area contributed by atoms with Crippen molar-refractivity contribution in [2.75, 3.05) is 5.33 Å². The van der Waals surface area contributed by atoms with E-state index in [1.165, 1.54) is 0 Å². The molecule has 0 bridgehead atoms. The number of aryl methyl sites for hydroxylation is 1. The maximum Gasteiger partial charge on any atom is 0.209 e. The lowest BCUT2D eigenvalue weighted by Gasteiger charge is -2.06. The Morgan fingerprint density at radius 1 is 1.28 bits per heavy atom. The summed E-state index contributed by atoms with van der Waals surface area (Å²) in [5, 5.41) is 0.831. The van der Waals surface area contributed by atoms with E-state index in [2.05, 4.69) is 22.5 Å². The second kappa shape index (κ2) is 5.83. The fourth-order valence-electron chi connectivity index (χ4n) is 1.82. The Labute approximate surface area is 115 Å². The van der Waals surface area contributed by atoms with Gasteiger partial charge in [-0.15, -0.1) is 0 Å². The smallest absolute Gasteiger partial charge is 0.209 e. The molecule has 92 valence electrons. The molecule has 0 amide bonds. The fraction of sp³-hybridized carbons (Fsp3) is 0.133. The van der Waals surface area contributed by atoms with Crippen LogP contribution < -0.4 is 0 Å².